The van der Waals surface area contributed by atoms with E-state index in [4.69, 9.17) is 0 Å². The van der Waals surface area contributed by atoms with E-state index < -0.39 is 12.1 Å². The van der Waals surface area contributed by atoms with Crippen molar-refractivity contribution in [2.45, 2.75) is 44.3 Å². The number of aromatic amines is 1. The van der Waals surface area contributed by atoms with Gasteiger partial charge in [-0.05, 0) is 23.6 Å². The van der Waals surface area contributed by atoms with E-state index in [1.807, 2.05) is 47.4 Å². The Morgan fingerprint density at radius 3 is 2.57 bits per heavy atom. The van der Waals surface area contributed by atoms with Crippen LogP contribution < -0.4 is 5.32 Å². The molecular weight excluding hydrogens is 350 g/mol. The van der Waals surface area contributed by atoms with Gasteiger partial charge in [-0.25, -0.2) is 0 Å². The summed E-state index contributed by atoms with van der Waals surface area (Å²) in [6.45, 7) is 2.08. The van der Waals surface area contributed by atoms with Crippen LogP contribution >= 0.6 is 0 Å². The average molecular weight is 373 g/mol. The molecule has 1 aromatic heterocycles. The van der Waals surface area contributed by atoms with Gasteiger partial charge in [-0.1, -0.05) is 55.5 Å². The Labute approximate surface area is 163 Å². The lowest BCUT2D eigenvalue weighted by molar-refractivity contribution is -0.153. The molecule has 2 amide bonds. The maximum Gasteiger partial charge on any atom is 0.246 e. The fourth-order valence-corrected chi connectivity index (χ4v) is 4.80. The minimum Gasteiger partial charge on any atom is -0.356 e. The number of amides is 2. The summed E-state index contributed by atoms with van der Waals surface area (Å²) in [7, 11) is 0. The van der Waals surface area contributed by atoms with Gasteiger partial charge in [-0.3, -0.25) is 9.59 Å². The number of piperazine rings is 1. The molecule has 5 heteroatoms. The quantitative estimate of drug-likeness (QED) is 0.741. The van der Waals surface area contributed by atoms with Crippen LogP contribution in [0.5, 0.6) is 0 Å². The van der Waals surface area contributed by atoms with Crippen molar-refractivity contribution in [1.29, 1.82) is 0 Å². The van der Waals surface area contributed by atoms with Crippen LogP contribution in [0.15, 0.2) is 54.6 Å². The van der Waals surface area contributed by atoms with E-state index in [-0.39, 0.29) is 17.9 Å². The summed E-state index contributed by atoms with van der Waals surface area (Å²) in [5, 5.41) is 4.14. The van der Waals surface area contributed by atoms with E-state index in [9.17, 15) is 9.59 Å². The lowest BCUT2D eigenvalue weighted by Crippen LogP contribution is -2.66. The Kier molecular flexibility index (Phi) is 3.97. The molecule has 5 nitrogen and oxygen atoms in total. The predicted octanol–water partition coefficient (Wildman–Crippen LogP) is 3.11. The first-order valence-corrected chi connectivity index (χ1v) is 9.93. The third-order valence-corrected chi connectivity index (χ3v) is 6.09. The Morgan fingerprint density at radius 1 is 1.04 bits per heavy atom. The van der Waals surface area contributed by atoms with Gasteiger partial charge in [0.25, 0.3) is 0 Å². The van der Waals surface area contributed by atoms with Crippen molar-refractivity contribution in [2.24, 2.45) is 0 Å². The molecule has 0 spiro atoms. The maximum absolute atomic E-state index is 13.4. The number of fused-ring (bicyclic) bond motifs is 4. The Hall–Kier alpha value is -3.08. The van der Waals surface area contributed by atoms with E-state index in [0.717, 1.165) is 28.6 Å². The normalized spacial score (nSPS) is 24.0. The number of nitrogens with zero attached hydrogens (tertiary/aromatic N) is 1. The minimum absolute atomic E-state index is 0.0182. The largest absolute Gasteiger partial charge is 0.356 e. The summed E-state index contributed by atoms with van der Waals surface area (Å²) in [5.41, 5.74) is 4.38. The molecule has 0 aliphatic carbocycles. The third kappa shape index (κ3) is 2.53. The third-order valence-electron chi connectivity index (χ3n) is 6.09. The van der Waals surface area contributed by atoms with Gasteiger partial charge in [0, 0.05) is 29.4 Å². The number of rotatable bonds is 3. The topological polar surface area (TPSA) is 65.2 Å². The van der Waals surface area contributed by atoms with E-state index in [1.165, 1.54) is 5.56 Å². The number of hydrogen-bond donors (Lipinski definition) is 2. The van der Waals surface area contributed by atoms with Crippen LogP contribution in [-0.2, 0) is 22.4 Å². The highest BCUT2D eigenvalue weighted by atomic mass is 16.2. The van der Waals surface area contributed by atoms with Crippen molar-refractivity contribution in [1.82, 2.24) is 15.2 Å². The number of hydrogen-bond acceptors (Lipinski definition) is 2. The standard InChI is InChI=1S/C23H23N3O2/c1-2-19-21-16(15-10-6-7-11-17(15)24-21)13-20-22(27)25-18(23(28)26(19)20)12-14-8-4-3-5-9-14/h3-11,18-20,24H,2,12-13H2,1H3,(H,25,27)/t18?,19?,20-/m0/s1. The molecule has 0 bridgehead atoms. The number of nitrogens with one attached hydrogen (secondary N) is 2. The van der Waals surface area contributed by atoms with Crippen molar-refractivity contribution in [2.75, 3.05) is 0 Å². The van der Waals surface area contributed by atoms with Gasteiger partial charge < -0.3 is 15.2 Å². The zero-order valence-electron chi connectivity index (χ0n) is 15.8. The van der Waals surface area contributed by atoms with E-state index in [2.05, 4.69) is 29.4 Å². The Morgan fingerprint density at radius 2 is 1.79 bits per heavy atom. The second kappa shape index (κ2) is 6.51. The molecule has 2 aromatic carbocycles. The van der Waals surface area contributed by atoms with Crippen LogP contribution in [-0.4, -0.2) is 33.8 Å². The summed E-state index contributed by atoms with van der Waals surface area (Å²) < 4.78 is 0. The predicted molar refractivity (Wildman–Crippen MR) is 108 cm³/mol. The monoisotopic (exact) mass is 373 g/mol. The van der Waals surface area contributed by atoms with Crippen molar-refractivity contribution < 1.29 is 9.59 Å². The number of carbonyl (C=O) groups excluding carboxylic acids is 2. The van der Waals surface area contributed by atoms with Gasteiger partial charge in [0.05, 0.1) is 6.04 Å². The molecule has 2 unspecified atom stereocenters. The molecule has 142 valence electrons. The van der Waals surface area contributed by atoms with Gasteiger partial charge in [0.2, 0.25) is 11.8 Å². The van der Waals surface area contributed by atoms with Crippen molar-refractivity contribution in [3.63, 3.8) is 0 Å². The highest BCUT2D eigenvalue weighted by Crippen LogP contribution is 2.40. The summed E-state index contributed by atoms with van der Waals surface area (Å²) in [6, 6.07) is 17.0. The highest BCUT2D eigenvalue weighted by molar-refractivity contribution is 5.99. The lowest BCUT2D eigenvalue weighted by atomic mass is 9.86. The molecule has 5 rings (SSSR count). The van der Waals surface area contributed by atoms with Gasteiger partial charge in [-0.15, -0.1) is 0 Å². The minimum atomic E-state index is -0.508. The molecule has 1 saturated heterocycles. The first-order valence-electron chi connectivity index (χ1n) is 9.93. The van der Waals surface area contributed by atoms with Crippen LogP contribution in [0.1, 0.15) is 36.2 Å². The van der Waals surface area contributed by atoms with Crippen LogP contribution in [0.3, 0.4) is 0 Å². The second-order valence-electron chi connectivity index (χ2n) is 7.70. The SMILES string of the molecule is CCC1c2[nH]c3ccccc3c2C[C@H]2C(=O)NC(Cc3ccccc3)C(=O)N12. The molecule has 0 saturated carbocycles. The molecule has 3 atom stereocenters. The lowest BCUT2D eigenvalue weighted by Gasteiger charge is -2.46. The Balaban J connectivity index is 1.54. The smallest absolute Gasteiger partial charge is 0.246 e. The molecule has 1 fully saturated rings. The van der Waals surface area contributed by atoms with Crippen molar-refractivity contribution in [3.8, 4) is 0 Å². The maximum atomic E-state index is 13.4. The molecular formula is C23H23N3O2. The number of aromatic nitrogens is 1. The number of H-pyrrole nitrogens is 1. The van der Waals surface area contributed by atoms with E-state index in [1.54, 1.807) is 0 Å². The average Bonchev–Trinajstić information content (AvgIpc) is 3.09. The summed E-state index contributed by atoms with van der Waals surface area (Å²) in [4.78, 5) is 31.8. The zero-order chi connectivity index (χ0) is 19.3. The van der Waals surface area contributed by atoms with Gasteiger partial charge in [-0.2, -0.15) is 0 Å². The van der Waals surface area contributed by atoms with Crippen LogP contribution in [0.4, 0.5) is 0 Å². The zero-order valence-corrected chi connectivity index (χ0v) is 15.8. The number of benzene rings is 2. The van der Waals surface area contributed by atoms with E-state index in [0.29, 0.717) is 12.8 Å². The fourth-order valence-electron chi connectivity index (χ4n) is 4.80. The number of para-hydroxylation sites is 1. The summed E-state index contributed by atoms with van der Waals surface area (Å²) in [6.07, 6.45) is 1.85. The fraction of sp³-hybridized carbons (Fsp3) is 0.304. The molecule has 2 aliphatic heterocycles. The van der Waals surface area contributed by atoms with Gasteiger partial charge in [0.1, 0.15) is 12.1 Å². The first kappa shape index (κ1) is 17.0. The summed E-state index contributed by atoms with van der Waals surface area (Å²) >= 11 is 0. The van der Waals surface area contributed by atoms with Crippen molar-refractivity contribution >= 4 is 22.7 Å². The summed E-state index contributed by atoms with van der Waals surface area (Å²) in [5.74, 6) is -0.0282. The van der Waals surface area contributed by atoms with Crippen LogP contribution in [0, 0.1) is 0 Å². The molecule has 28 heavy (non-hydrogen) atoms. The highest BCUT2D eigenvalue weighted by Gasteiger charge is 2.47. The first-order chi connectivity index (χ1) is 13.7. The van der Waals surface area contributed by atoms with Crippen LogP contribution in [0.25, 0.3) is 10.9 Å². The van der Waals surface area contributed by atoms with Gasteiger partial charge >= 0.3 is 0 Å². The molecule has 3 heterocycles. The van der Waals surface area contributed by atoms with Gasteiger partial charge in [0.15, 0.2) is 0 Å². The molecule has 2 N–H and O–H groups in total. The second-order valence-corrected chi connectivity index (χ2v) is 7.70. The molecule has 2 aliphatic rings. The van der Waals surface area contributed by atoms with Crippen LogP contribution in [0.2, 0.25) is 0 Å². The van der Waals surface area contributed by atoms with E-state index >= 15 is 0 Å². The molecule has 3 aromatic rings. The number of carbonyl (C=O) groups is 2. The molecule has 0 radical (unpaired) electrons. The van der Waals surface area contributed by atoms with Crippen molar-refractivity contribution in [3.05, 3.63) is 71.4 Å². The Bertz CT molecular complexity index is 1060.